The zero-order valence-electron chi connectivity index (χ0n) is 10.4. The molecule has 0 unspecified atom stereocenters. The molecule has 0 radical (unpaired) electrons. The molecule has 1 aliphatic heterocycles. The van der Waals surface area contributed by atoms with E-state index in [1.54, 1.807) is 6.20 Å². The fourth-order valence-electron chi connectivity index (χ4n) is 1.94. The third-order valence-corrected chi connectivity index (χ3v) is 3.00. The second-order valence-electron chi connectivity index (χ2n) is 4.64. The smallest absolute Gasteiger partial charge is 0.228 e. The minimum Gasteiger partial charge on any atom is -0.314 e. The zero-order chi connectivity index (χ0) is 12.3. The summed E-state index contributed by atoms with van der Waals surface area (Å²) in [5, 5.41) is 3.22. The molecule has 1 aromatic heterocycles. The van der Waals surface area contributed by atoms with Gasteiger partial charge in [-0.15, -0.1) is 0 Å². The molecule has 1 aliphatic rings. The first-order chi connectivity index (χ1) is 8.18. The molecule has 0 saturated carbocycles. The normalized spacial score (nSPS) is 17.4. The second-order valence-corrected chi connectivity index (χ2v) is 4.64. The van der Waals surface area contributed by atoms with Crippen molar-refractivity contribution >= 4 is 11.6 Å². The lowest BCUT2D eigenvalue weighted by Gasteiger charge is -2.20. The molecule has 0 bridgehead atoms. The van der Waals surface area contributed by atoms with Crippen LogP contribution in [-0.2, 0) is 4.79 Å². The van der Waals surface area contributed by atoms with Crippen LogP contribution in [0.25, 0.3) is 0 Å². The number of carbonyl (C=O) groups is 1. The van der Waals surface area contributed by atoms with E-state index in [4.69, 9.17) is 0 Å². The zero-order valence-corrected chi connectivity index (χ0v) is 10.4. The Hall–Kier alpha value is -1.42. The first-order valence-corrected chi connectivity index (χ1v) is 6.15. The Morgan fingerprint density at radius 1 is 1.35 bits per heavy atom. The van der Waals surface area contributed by atoms with E-state index in [1.807, 2.05) is 17.0 Å². The van der Waals surface area contributed by atoms with Crippen molar-refractivity contribution in [1.82, 2.24) is 10.3 Å². The summed E-state index contributed by atoms with van der Waals surface area (Å²) in [6.07, 6.45) is 2.37. The van der Waals surface area contributed by atoms with Crippen LogP contribution in [-0.4, -0.2) is 30.5 Å². The summed E-state index contributed by atoms with van der Waals surface area (Å²) in [6.45, 7) is 6.57. The second kappa shape index (κ2) is 5.27. The standard InChI is InChI=1S/C13H19N3O/c1-10(2)12-4-3-11(9-15-12)16-8-7-14-6-5-13(16)17/h3-4,9-10,14H,5-8H2,1-2H3. The summed E-state index contributed by atoms with van der Waals surface area (Å²) < 4.78 is 0. The van der Waals surface area contributed by atoms with Crippen molar-refractivity contribution < 1.29 is 4.79 Å². The van der Waals surface area contributed by atoms with Crippen molar-refractivity contribution in [2.24, 2.45) is 0 Å². The lowest BCUT2D eigenvalue weighted by molar-refractivity contribution is -0.118. The van der Waals surface area contributed by atoms with E-state index in [0.717, 1.165) is 31.0 Å². The number of anilines is 1. The number of pyridine rings is 1. The van der Waals surface area contributed by atoms with Gasteiger partial charge < -0.3 is 10.2 Å². The number of nitrogens with zero attached hydrogens (tertiary/aromatic N) is 2. The van der Waals surface area contributed by atoms with E-state index in [9.17, 15) is 4.79 Å². The Balaban J connectivity index is 2.17. The average Bonchev–Trinajstić information content (AvgIpc) is 2.54. The maximum atomic E-state index is 11.9. The van der Waals surface area contributed by atoms with Gasteiger partial charge in [-0.2, -0.15) is 0 Å². The van der Waals surface area contributed by atoms with Crippen molar-refractivity contribution in [3.8, 4) is 0 Å². The van der Waals surface area contributed by atoms with Crippen LogP contribution >= 0.6 is 0 Å². The maximum Gasteiger partial charge on any atom is 0.228 e. The molecule has 4 nitrogen and oxygen atoms in total. The van der Waals surface area contributed by atoms with Crippen molar-refractivity contribution in [2.45, 2.75) is 26.2 Å². The predicted molar refractivity (Wildman–Crippen MR) is 68.2 cm³/mol. The number of nitrogens with one attached hydrogen (secondary N) is 1. The van der Waals surface area contributed by atoms with Crippen LogP contribution in [0, 0.1) is 0 Å². The van der Waals surface area contributed by atoms with Crippen molar-refractivity contribution in [2.75, 3.05) is 24.5 Å². The Kier molecular flexibility index (Phi) is 3.74. The van der Waals surface area contributed by atoms with Crippen LogP contribution in [0.15, 0.2) is 18.3 Å². The highest BCUT2D eigenvalue weighted by Crippen LogP contribution is 2.18. The highest BCUT2D eigenvalue weighted by atomic mass is 16.2. The van der Waals surface area contributed by atoms with Gasteiger partial charge in [0.25, 0.3) is 0 Å². The quantitative estimate of drug-likeness (QED) is 0.842. The van der Waals surface area contributed by atoms with Crippen molar-refractivity contribution in [3.63, 3.8) is 0 Å². The number of carbonyl (C=O) groups excluding carboxylic acids is 1. The first-order valence-electron chi connectivity index (χ1n) is 6.15. The van der Waals surface area contributed by atoms with E-state index in [-0.39, 0.29) is 5.91 Å². The fourth-order valence-corrected chi connectivity index (χ4v) is 1.94. The molecule has 1 aromatic rings. The van der Waals surface area contributed by atoms with Crippen LogP contribution in [0.3, 0.4) is 0 Å². The molecular weight excluding hydrogens is 214 g/mol. The molecule has 0 aliphatic carbocycles. The van der Waals surface area contributed by atoms with Gasteiger partial charge in [-0.3, -0.25) is 9.78 Å². The summed E-state index contributed by atoms with van der Waals surface area (Å²) in [5.41, 5.74) is 1.97. The van der Waals surface area contributed by atoms with Crippen LogP contribution in [0.4, 0.5) is 5.69 Å². The molecule has 1 amide bonds. The summed E-state index contributed by atoms with van der Waals surface area (Å²) >= 11 is 0. The lowest BCUT2D eigenvalue weighted by Crippen LogP contribution is -2.32. The van der Waals surface area contributed by atoms with Gasteiger partial charge in [0.2, 0.25) is 5.91 Å². The van der Waals surface area contributed by atoms with Crippen LogP contribution in [0.2, 0.25) is 0 Å². The molecule has 1 fully saturated rings. The van der Waals surface area contributed by atoms with Gasteiger partial charge >= 0.3 is 0 Å². The van der Waals surface area contributed by atoms with E-state index < -0.39 is 0 Å². The molecule has 1 saturated heterocycles. The lowest BCUT2D eigenvalue weighted by atomic mass is 10.1. The third kappa shape index (κ3) is 2.82. The predicted octanol–water partition coefficient (Wildman–Crippen LogP) is 1.53. The van der Waals surface area contributed by atoms with Crippen molar-refractivity contribution in [3.05, 3.63) is 24.0 Å². The Labute approximate surface area is 102 Å². The van der Waals surface area contributed by atoms with Crippen LogP contribution in [0.5, 0.6) is 0 Å². The molecule has 0 spiro atoms. The van der Waals surface area contributed by atoms with Crippen molar-refractivity contribution in [1.29, 1.82) is 0 Å². The number of hydrogen-bond donors (Lipinski definition) is 1. The van der Waals surface area contributed by atoms with Crippen LogP contribution < -0.4 is 10.2 Å². The molecular formula is C13H19N3O. The largest absolute Gasteiger partial charge is 0.314 e. The summed E-state index contributed by atoms with van der Waals surface area (Å²) in [6, 6.07) is 4.00. The van der Waals surface area contributed by atoms with Gasteiger partial charge in [0, 0.05) is 31.7 Å². The van der Waals surface area contributed by atoms with Gasteiger partial charge in [0.1, 0.15) is 0 Å². The van der Waals surface area contributed by atoms with Crippen LogP contribution in [0.1, 0.15) is 31.9 Å². The van der Waals surface area contributed by atoms with E-state index in [0.29, 0.717) is 12.3 Å². The summed E-state index contributed by atoms with van der Waals surface area (Å²) in [5.74, 6) is 0.597. The van der Waals surface area contributed by atoms with Gasteiger partial charge in [-0.1, -0.05) is 13.8 Å². The molecule has 92 valence electrons. The highest BCUT2D eigenvalue weighted by Gasteiger charge is 2.18. The van der Waals surface area contributed by atoms with Gasteiger partial charge in [-0.25, -0.2) is 0 Å². The van der Waals surface area contributed by atoms with Gasteiger partial charge in [0.05, 0.1) is 11.9 Å². The fraction of sp³-hybridized carbons (Fsp3) is 0.538. The van der Waals surface area contributed by atoms with E-state index in [1.165, 1.54) is 0 Å². The third-order valence-electron chi connectivity index (χ3n) is 3.00. The molecule has 2 heterocycles. The molecule has 2 rings (SSSR count). The summed E-state index contributed by atoms with van der Waals surface area (Å²) in [4.78, 5) is 18.1. The number of rotatable bonds is 2. The molecule has 17 heavy (non-hydrogen) atoms. The number of hydrogen-bond acceptors (Lipinski definition) is 3. The topological polar surface area (TPSA) is 45.2 Å². The minimum atomic E-state index is 0.175. The molecule has 1 N–H and O–H groups in total. The minimum absolute atomic E-state index is 0.175. The van der Waals surface area contributed by atoms with E-state index >= 15 is 0 Å². The summed E-state index contributed by atoms with van der Waals surface area (Å²) in [7, 11) is 0. The maximum absolute atomic E-state index is 11.9. The van der Waals surface area contributed by atoms with Gasteiger partial charge in [0.15, 0.2) is 0 Å². The Bertz CT molecular complexity index is 386. The first kappa shape index (κ1) is 12.0. The Morgan fingerprint density at radius 3 is 2.82 bits per heavy atom. The molecule has 0 atom stereocenters. The molecule has 4 heteroatoms. The highest BCUT2D eigenvalue weighted by molar-refractivity contribution is 5.93. The monoisotopic (exact) mass is 233 g/mol. The SMILES string of the molecule is CC(C)c1ccc(N2CCNCCC2=O)cn1. The Morgan fingerprint density at radius 2 is 2.18 bits per heavy atom. The number of amides is 1. The van der Waals surface area contributed by atoms with Gasteiger partial charge in [-0.05, 0) is 18.1 Å². The number of aromatic nitrogens is 1. The van der Waals surface area contributed by atoms with E-state index in [2.05, 4.69) is 24.1 Å². The average molecular weight is 233 g/mol. The molecule has 0 aromatic carbocycles.